The Kier molecular flexibility index (Phi) is 4.71. The maximum atomic E-state index is 12.6. The van der Waals surface area contributed by atoms with E-state index < -0.39 is 0 Å². The second kappa shape index (κ2) is 7.00. The molecule has 6 heteroatoms. The fourth-order valence-electron chi connectivity index (χ4n) is 3.66. The van der Waals surface area contributed by atoms with Crippen LogP contribution < -0.4 is 0 Å². The Balaban J connectivity index is 1.29. The summed E-state index contributed by atoms with van der Waals surface area (Å²) >= 11 is 1.94. The number of aromatic nitrogens is 2. The second-order valence-electron chi connectivity index (χ2n) is 7.31. The smallest absolute Gasteiger partial charge is 0.255 e. The summed E-state index contributed by atoms with van der Waals surface area (Å²) in [5.41, 5.74) is 3.69. The molecule has 1 spiro atoms. The van der Waals surface area contributed by atoms with Crippen molar-refractivity contribution in [2.75, 3.05) is 18.8 Å². The normalized spacial score (nSPS) is 21.0. The lowest BCUT2D eigenvalue weighted by Crippen LogP contribution is -2.60. The van der Waals surface area contributed by atoms with Crippen LogP contribution in [0.5, 0.6) is 0 Å². The largest absolute Gasteiger partial charge is 0.371 e. The van der Waals surface area contributed by atoms with Gasteiger partial charge in [-0.05, 0) is 44.0 Å². The monoisotopic (exact) mass is 369 g/mol. The number of hydrogen-bond acceptors (Lipinski definition) is 5. The predicted molar refractivity (Wildman–Crippen MR) is 102 cm³/mol. The van der Waals surface area contributed by atoms with E-state index in [9.17, 15) is 4.79 Å². The third kappa shape index (κ3) is 3.62. The van der Waals surface area contributed by atoms with Crippen molar-refractivity contribution in [1.29, 1.82) is 0 Å². The molecule has 5 nitrogen and oxygen atoms in total. The highest BCUT2D eigenvalue weighted by Crippen LogP contribution is 2.46. The topological polar surface area (TPSA) is 55.3 Å². The van der Waals surface area contributed by atoms with Gasteiger partial charge in [-0.2, -0.15) is 0 Å². The molecule has 136 valence electrons. The lowest BCUT2D eigenvalue weighted by Gasteiger charge is -2.47. The molecular weight excluding hydrogens is 346 g/mol. The number of ether oxygens (including phenoxy) is 1. The van der Waals surface area contributed by atoms with Crippen LogP contribution in [-0.2, 0) is 11.3 Å². The minimum atomic E-state index is 0.0840. The summed E-state index contributed by atoms with van der Waals surface area (Å²) in [5, 5.41) is 0. The molecule has 1 unspecified atom stereocenters. The molecule has 2 aromatic heterocycles. The molecule has 0 N–H and O–H groups in total. The van der Waals surface area contributed by atoms with Crippen LogP contribution in [0.25, 0.3) is 0 Å². The number of hydrogen-bond donors (Lipinski definition) is 0. The van der Waals surface area contributed by atoms with E-state index in [2.05, 4.69) is 9.97 Å². The van der Waals surface area contributed by atoms with E-state index in [0.29, 0.717) is 12.2 Å². The Labute approximate surface area is 158 Å². The number of aryl methyl sites for hydroxylation is 2. The maximum Gasteiger partial charge on any atom is 0.255 e. The summed E-state index contributed by atoms with van der Waals surface area (Å²) < 4.78 is 6.24. The van der Waals surface area contributed by atoms with Gasteiger partial charge in [-0.1, -0.05) is 6.07 Å². The van der Waals surface area contributed by atoms with E-state index in [1.54, 1.807) is 12.4 Å². The predicted octanol–water partition coefficient (Wildman–Crippen LogP) is 3.01. The van der Waals surface area contributed by atoms with Crippen LogP contribution in [0, 0.1) is 13.8 Å². The summed E-state index contributed by atoms with van der Waals surface area (Å²) in [6.07, 6.45) is 4.66. The molecule has 0 aromatic carbocycles. The van der Waals surface area contributed by atoms with Crippen molar-refractivity contribution < 1.29 is 9.53 Å². The van der Waals surface area contributed by atoms with Crippen molar-refractivity contribution in [2.45, 2.75) is 37.7 Å². The molecule has 4 rings (SSSR count). The zero-order valence-corrected chi connectivity index (χ0v) is 16.0. The number of amides is 1. The van der Waals surface area contributed by atoms with E-state index >= 15 is 0 Å². The molecule has 2 saturated heterocycles. The van der Waals surface area contributed by atoms with Gasteiger partial charge in [0.05, 0.1) is 28.7 Å². The lowest BCUT2D eigenvalue weighted by molar-refractivity contribution is 0.0244. The summed E-state index contributed by atoms with van der Waals surface area (Å²) in [6, 6.07) is 7.92. The molecule has 2 fully saturated rings. The highest BCUT2D eigenvalue weighted by Gasteiger charge is 2.51. The molecule has 4 heterocycles. The Morgan fingerprint density at radius 2 is 2.19 bits per heavy atom. The second-order valence-corrected chi connectivity index (χ2v) is 8.80. The fourth-order valence-corrected chi connectivity index (χ4v) is 5.21. The summed E-state index contributed by atoms with van der Waals surface area (Å²) in [6.45, 7) is 6.10. The third-order valence-corrected chi connectivity index (χ3v) is 6.53. The van der Waals surface area contributed by atoms with E-state index in [1.807, 2.05) is 54.8 Å². The van der Waals surface area contributed by atoms with Gasteiger partial charge in [-0.15, -0.1) is 11.8 Å². The van der Waals surface area contributed by atoms with Crippen molar-refractivity contribution >= 4 is 17.7 Å². The van der Waals surface area contributed by atoms with Crippen LogP contribution in [0.3, 0.4) is 0 Å². The minimum absolute atomic E-state index is 0.0840. The molecule has 0 saturated carbocycles. The Bertz CT molecular complexity index is 820. The Morgan fingerprint density at radius 1 is 1.35 bits per heavy atom. The van der Waals surface area contributed by atoms with Crippen molar-refractivity contribution in [1.82, 2.24) is 14.9 Å². The van der Waals surface area contributed by atoms with Crippen LogP contribution in [-0.4, -0.2) is 50.5 Å². The molecule has 2 aliphatic rings. The van der Waals surface area contributed by atoms with Crippen molar-refractivity contribution in [3.63, 3.8) is 0 Å². The van der Waals surface area contributed by atoms with E-state index in [0.717, 1.165) is 42.2 Å². The van der Waals surface area contributed by atoms with Gasteiger partial charge >= 0.3 is 0 Å². The minimum Gasteiger partial charge on any atom is -0.371 e. The van der Waals surface area contributed by atoms with Gasteiger partial charge in [0.1, 0.15) is 0 Å². The van der Waals surface area contributed by atoms with Gasteiger partial charge in [0.2, 0.25) is 0 Å². The number of nitrogens with zero attached hydrogens (tertiary/aromatic N) is 3. The molecule has 1 atom stereocenters. The van der Waals surface area contributed by atoms with Gasteiger partial charge in [0.15, 0.2) is 0 Å². The van der Waals surface area contributed by atoms with Crippen LogP contribution >= 0.6 is 11.8 Å². The Hall–Kier alpha value is -1.92. The SMILES string of the molecule is Cc1cncc(C(=O)N2CC3(CC(OCc4cccc(C)n4)CS3)C2)c1. The number of carbonyl (C=O) groups excluding carboxylic acids is 1. The van der Waals surface area contributed by atoms with Crippen LogP contribution in [0.4, 0.5) is 0 Å². The van der Waals surface area contributed by atoms with E-state index in [-0.39, 0.29) is 16.8 Å². The first-order chi connectivity index (χ1) is 12.5. The van der Waals surface area contributed by atoms with Crippen molar-refractivity contribution in [3.8, 4) is 0 Å². The van der Waals surface area contributed by atoms with Crippen molar-refractivity contribution in [3.05, 3.63) is 59.2 Å². The zero-order valence-electron chi connectivity index (χ0n) is 15.1. The number of likely N-dealkylation sites (tertiary alicyclic amines) is 1. The summed E-state index contributed by atoms with van der Waals surface area (Å²) in [7, 11) is 0. The molecular formula is C20H23N3O2S. The average molecular weight is 369 g/mol. The number of carbonyl (C=O) groups is 1. The average Bonchev–Trinajstić information content (AvgIpc) is 3.03. The van der Waals surface area contributed by atoms with Crippen LogP contribution in [0.1, 0.15) is 33.7 Å². The zero-order chi connectivity index (χ0) is 18.1. The third-order valence-electron chi connectivity index (χ3n) is 4.96. The quantitative estimate of drug-likeness (QED) is 0.829. The van der Waals surface area contributed by atoms with Gasteiger partial charge in [-0.25, -0.2) is 0 Å². The number of thioether (sulfide) groups is 1. The van der Waals surface area contributed by atoms with Crippen LogP contribution in [0.2, 0.25) is 0 Å². The number of rotatable bonds is 4. The molecule has 0 bridgehead atoms. The first-order valence-electron chi connectivity index (χ1n) is 8.92. The fraction of sp³-hybridized carbons (Fsp3) is 0.450. The molecule has 2 aromatic rings. The maximum absolute atomic E-state index is 12.6. The first kappa shape index (κ1) is 17.5. The molecule has 2 aliphatic heterocycles. The highest BCUT2D eigenvalue weighted by atomic mass is 32.2. The molecule has 1 amide bonds. The van der Waals surface area contributed by atoms with Gasteiger partial charge < -0.3 is 9.64 Å². The highest BCUT2D eigenvalue weighted by molar-refractivity contribution is 8.01. The number of pyridine rings is 2. The first-order valence-corrected chi connectivity index (χ1v) is 9.91. The lowest BCUT2D eigenvalue weighted by atomic mass is 9.92. The van der Waals surface area contributed by atoms with E-state index in [1.165, 1.54) is 0 Å². The molecule has 0 radical (unpaired) electrons. The van der Waals surface area contributed by atoms with Crippen molar-refractivity contribution in [2.24, 2.45) is 0 Å². The standard InChI is InChI=1S/C20H23N3O2S/c1-14-6-16(9-21-8-14)19(24)23-12-20(13-23)7-18(11-26-20)25-10-17-5-3-4-15(2)22-17/h3-6,8-9,18H,7,10-13H2,1-2H3. The van der Waals surface area contributed by atoms with Gasteiger partial charge in [0.25, 0.3) is 5.91 Å². The summed E-state index contributed by atoms with van der Waals surface area (Å²) in [5.74, 6) is 1.07. The summed E-state index contributed by atoms with van der Waals surface area (Å²) in [4.78, 5) is 23.1. The van der Waals surface area contributed by atoms with Crippen LogP contribution in [0.15, 0.2) is 36.7 Å². The Morgan fingerprint density at radius 3 is 2.96 bits per heavy atom. The van der Waals surface area contributed by atoms with E-state index in [4.69, 9.17) is 4.74 Å². The molecule has 0 aliphatic carbocycles. The van der Waals surface area contributed by atoms with Gasteiger partial charge in [-0.3, -0.25) is 14.8 Å². The van der Waals surface area contributed by atoms with Gasteiger partial charge in [0, 0.05) is 36.9 Å². The molecule has 26 heavy (non-hydrogen) atoms.